The molecule has 2 aromatic heterocycles. The summed E-state index contributed by atoms with van der Waals surface area (Å²) in [6, 6.07) is 3.58. The van der Waals surface area contributed by atoms with Crippen molar-refractivity contribution in [2.24, 2.45) is 0 Å². The zero-order valence-corrected chi connectivity index (χ0v) is 12.0. The Labute approximate surface area is 115 Å². The smallest absolute Gasteiger partial charge is 0.194 e. The highest BCUT2D eigenvalue weighted by atomic mass is 35.5. The first kappa shape index (κ1) is 13.2. The molecule has 94 valence electrons. The van der Waals surface area contributed by atoms with E-state index in [1.54, 1.807) is 12.3 Å². The topological polar surface area (TPSA) is 51.6 Å². The number of aryl methyl sites for hydroxylation is 1. The van der Waals surface area contributed by atoms with Crippen LogP contribution in [0.2, 0.25) is 5.15 Å². The minimum absolute atomic E-state index is 0.237. The molecule has 0 saturated carbocycles. The standard InChI is InChI=1S/C12H13ClN4S/c1-7(2)11-16-9(13)6-10(17-11)18-12-14-5-4-8(3)15-12/h4-7H,1-3H3. The van der Waals surface area contributed by atoms with Gasteiger partial charge >= 0.3 is 0 Å². The summed E-state index contributed by atoms with van der Waals surface area (Å²) in [7, 11) is 0. The van der Waals surface area contributed by atoms with Gasteiger partial charge in [0.2, 0.25) is 0 Å². The number of halogens is 1. The zero-order chi connectivity index (χ0) is 13.1. The van der Waals surface area contributed by atoms with Crippen LogP contribution in [-0.2, 0) is 0 Å². The van der Waals surface area contributed by atoms with Crippen molar-refractivity contribution in [1.82, 2.24) is 19.9 Å². The maximum Gasteiger partial charge on any atom is 0.194 e. The normalized spacial score (nSPS) is 10.9. The molecule has 0 atom stereocenters. The third-order valence-electron chi connectivity index (χ3n) is 2.17. The minimum Gasteiger partial charge on any atom is -0.231 e. The van der Waals surface area contributed by atoms with Crippen LogP contribution in [0.15, 0.2) is 28.5 Å². The fourth-order valence-corrected chi connectivity index (χ4v) is 2.35. The van der Waals surface area contributed by atoms with Crippen molar-refractivity contribution < 1.29 is 0 Å². The van der Waals surface area contributed by atoms with Gasteiger partial charge in [0.15, 0.2) is 5.16 Å². The van der Waals surface area contributed by atoms with Crippen LogP contribution < -0.4 is 0 Å². The Morgan fingerprint density at radius 3 is 2.67 bits per heavy atom. The molecule has 0 radical (unpaired) electrons. The molecule has 0 aliphatic carbocycles. The largest absolute Gasteiger partial charge is 0.231 e. The predicted octanol–water partition coefficient (Wildman–Crippen LogP) is 3.50. The molecule has 0 unspecified atom stereocenters. The first-order chi connectivity index (χ1) is 8.54. The van der Waals surface area contributed by atoms with Crippen molar-refractivity contribution in [3.8, 4) is 0 Å². The molecule has 2 rings (SSSR count). The Morgan fingerprint density at radius 1 is 1.22 bits per heavy atom. The molecule has 0 aromatic carbocycles. The van der Waals surface area contributed by atoms with E-state index >= 15 is 0 Å². The fraction of sp³-hybridized carbons (Fsp3) is 0.333. The summed E-state index contributed by atoms with van der Waals surface area (Å²) >= 11 is 7.38. The molecule has 0 N–H and O–H groups in total. The van der Waals surface area contributed by atoms with Gasteiger partial charge in [0.25, 0.3) is 0 Å². The summed E-state index contributed by atoms with van der Waals surface area (Å²) in [5.74, 6) is 0.971. The summed E-state index contributed by atoms with van der Waals surface area (Å²) in [6.45, 7) is 5.99. The summed E-state index contributed by atoms with van der Waals surface area (Å²) in [4.78, 5) is 17.1. The van der Waals surface area contributed by atoms with E-state index in [1.165, 1.54) is 11.8 Å². The molecule has 2 heterocycles. The second-order valence-electron chi connectivity index (χ2n) is 4.12. The second kappa shape index (κ2) is 5.63. The van der Waals surface area contributed by atoms with Crippen molar-refractivity contribution in [1.29, 1.82) is 0 Å². The Bertz CT molecular complexity index is 560. The molecule has 0 amide bonds. The molecule has 0 aliphatic rings. The SMILES string of the molecule is Cc1ccnc(Sc2cc(Cl)nc(C(C)C)n2)n1. The molecule has 6 heteroatoms. The molecule has 0 bridgehead atoms. The van der Waals surface area contributed by atoms with Crippen molar-refractivity contribution >= 4 is 23.4 Å². The third kappa shape index (κ3) is 3.40. The molecule has 4 nitrogen and oxygen atoms in total. The van der Waals surface area contributed by atoms with Gasteiger partial charge in [-0.1, -0.05) is 25.4 Å². The Balaban J connectivity index is 2.29. The number of aromatic nitrogens is 4. The van der Waals surface area contributed by atoms with Gasteiger partial charge in [-0.3, -0.25) is 0 Å². The summed E-state index contributed by atoms with van der Waals surface area (Å²) in [5, 5.41) is 1.88. The quantitative estimate of drug-likeness (QED) is 0.636. The molecule has 0 aliphatic heterocycles. The van der Waals surface area contributed by atoms with Crippen LogP contribution in [-0.4, -0.2) is 19.9 Å². The number of nitrogens with zero attached hydrogens (tertiary/aromatic N) is 4. The number of rotatable bonds is 3. The maximum atomic E-state index is 5.99. The summed E-state index contributed by atoms with van der Waals surface area (Å²) in [5.41, 5.74) is 0.928. The van der Waals surface area contributed by atoms with E-state index in [0.717, 1.165) is 16.5 Å². The lowest BCUT2D eigenvalue weighted by molar-refractivity contribution is 0.752. The van der Waals surface area contributed by atoms with Gasteiger partial charge in [0.05, 0.1) is 0 Å². The maximum absolute atomic E-state index is 5.99. The molecule has 0 fully saturated rings. The monoisotopic (exact) mass is 280 g/mol. The van der Waals surface area contributed by atoms with Gasteiger partial charge in [0, 0.05) is 23.9 Å². The van der Waals surface area contributed by atoms with Crippen LogP contribution in [0, 0.1) is 6.92 Å². The van der Waals surface area contributed by atoms with Crippen LogP contribution >= 0.6 is 23.4 Å². The van der Waals surface area contributed by atoms with Gasteiger partial charge in [0.1, 0.15) is 16.0 Å². The van der Waals surface area contributed by atoms with E-state index in [0.29, 0.717) is 10.3 Å². The van der Waals surface area contributed by atoms with Gasteiger partial charge in [-0.25, -0.2) is 19.9 Å². The molecular weight excluding hydrogens is 268 g/mol. The molecular formula is C12H13ClN4S. The Morgan fingerprint density at radius 2 is 2.00 bits per heavy atom. The zero-order valence-electron chi connectivity index (χ0n) is 10.4. The summed E-state index contributed by atoms with van der Waals surface area (Å²) < 4.78 is 0. The molecule has 0 spiro atoms. The predicted molar refractivity (Wildman–Crippen MR) is 72.0 cm³/mol. The van der Waals surface area contributed by atoms with Gasteiger partial charge in [-0.05, 0) is 24.8 Å². The van der Waals surface area contributed by atoms with E-state index < -0.39 is 0 Å². The number of hydrogen-bond acceptors (Lipinski definition) is 5. The van der Waals surface area contributed by atoms with Crippen LogP contribution in [0.3, 0.4) is 0 Å². The fourth-order valence-electron chi connectivity index (χ4n) is 1.29. The molecule has 2 aromatic rings. The van der Waals surface area contributed by atoms with E-state index in [2.05, 4.69) is 19.9 Å². The minimum atomic E-state index is 0.237. The van der Waals surface area contributed by atoms with E-state index in [1.807, 2.05) is 26.8 Å². The third-order valence-corrected chi connectivity index (χ3v) is 3.16. The van der Waals surface area contributed by atoms with Crippen molar-refractivity contribution in [3.63, 3.8) is 0 Å². The molecule has 18 heavy (non-hydrogen) atoms. The van der Waals surface area contributed by atoms with Gasteiger partial charge in [-0.2, -0.15) is 0 Å². The van der Waals surface area contributed by atoms with Gasteiger partial charge < -0.3 is 0 Å². The first-order valence-corrected chi connectivity index (χ1v) is 6.76. The Kier molecular flexibility index (Phi) is 4.14. The average molecular weight is 281 g/mol. The van der Waals surface area contributed by atoms with Crippen molar-refractivity contribution in [2.75, 3.05) is 0 Å². The van der Waals surface area contributed by atoms with Crippen LogP contribution in [0.5, 0.6) is 0 Å². The van der Waals surface area contributed by atoms with Gasteiger partial charge in [-0.15, -0.1) is 0 Å². The lowest BCUT2D eigenvalue weighted by Crippen LogP contribution is -1.99. The van der Waals surface area contributed by atoms with Crippen molar-refractivity contribution in [3.05, 3.63) is 35.0 Å². The van der Waals surface area contributed by atoms with Crippen LogP contribution in [0.25, 0.3) is 0 Å². The second-order valence-corrected chi connectivity index (χ2v) is 5.50. The number of hydrogen-bond donors (Lipinski definition) is 0. The highest BCUT2D eigenvalue weighted by Crippen LogP contribution is 2.25. The van der Waals surface area contributed by atoms with E-state index in [9.17, 15) is 0 Å². The average Bonchev–Trinajstić information content (AvgIpc) is 2.28. The highest BCUT2D eigenvalue weighted by Gasteiger charge is 2.09. The lowest BCUT2D eigenvalue weighted by Gasteiger charge is -2.06. The molecule has 0 saturated heterocycles. The van der Waals surface area contributed by atoms with Crippen molar-refractivity contribution in [2.45, 2.75) is 36.9 Å². The van der Waals surface area contributed by atoms with E-state index in [-0.39, 0.29) is 5.92 Å². The summed E-state index contributed by atoms with van der Waals surface area (Å²) in [6.07, 6.45) is 1.73. The first-order valence-electron chi connectivity index (χ1n) is 5.56. The van der Waals surface area contributed by atoms with Crippen LogP contribution in [0.4, 0.5) is 0 Å². The van der Waals surface area contributed by atoms with E-state index in [4.69, 9.17) is 11.6 Å². The highest BCUT2D eigenvalue weighted by molar-refractivity contribution is 7.99. The van der Waals surface area contributed by atoms with Crippen LogP contribution in [0.1, 0.15) is 31.3 Å². The lowest BCUT2D eigenvalue weighted by atomic mass is 10.2. The Hall–Kier alpha value is -1.20.